The van der Waals surface area contributed by atoms with Gasteiger partial charge in [0.05, 0.1) is 22.3 Å². The highest BCUT2D eigenvalue weighted by atomic mass is 35.5. The van der Waals surface area contributed by atoms with Gasteiger partial charge in [-0.05, 0) is 48.0 Å². The molecule has 152 valence electrons. The molecule has 0 radical (unpaired) electrons. The zero-order valence-corrected chi connectivity index (χ0v) is 18.7. The van der Waals surface area contributed by atoms with Crippen LogP contribution in [0.1, 0.15) is 11.1 Å². The molecule has 1 aromatic heterocycles. The van der Waals surface area contributed by atoms with Crippen LogP contribution in [0, 0.1) is 0 Å². The van der Waals surface area contributed by atoms with Crippen molar-refractivity contribution in [1.29, 1.82) is 0 Å². The van der Waals surface area contributed by atoms with E-state index in [0.717, 1.165) is 28.1 Å². The number of rotatable bonds is 6. The van der Waals surface area contributed by atoms with Crippen molar-refractivity contribution < 1.29 is 4.74 Å². The van der Waals surface area contributed by atoms with Crippen molar-refractivity contribution in [2.75, 3.05) is 0 Å². The molecule has 0 saturated heterocycles. The number of hydrogen-bond donors (Lipinski definition) is 0. The lowest BCUT2D eigenvalue weighted by molar-refractivity contribution is 0.306. The molecule has 0 fully saturated rings. The van der Waals surface area contributed by atoms with Crippen LogP contribution in [0.25, 0.3) is 11.3 Å². The highest BCUT2D eigenvalue weighted by Gasteiger charge is 2.07. The Morgan fingerprint density at radius 3 is 2.47 bits per heavy atom. The van der Waals surface area contributed by atoms with Gasteiger partial charge in [-0.15, -0.1) is 0 Å². The van der Waals surface area contributed by atoms with Crippen molar-refractivity contribution >= 4 is 46.4 Å². The summed E-state index contributed by atoms with van der Waals surface area (Å²) in [5, 5.41) is 6.92. The molecule has 3 nitrogen and oxygen atoms in total. The Labute approximate surface area is 194 Å². The summed E-state index contributed by atoms with van der Waals surface area (Å²) in [4.78, 5) is 0. The number of aromatic nitrogens is 2. The van der Waals surface area contributed by atoms with Crippen molar-refractivity contribution in [3.8, 4) is 17.0 Å². The predicted molar refractivity (Wildman–Crippen MR) is 124 cm³/mol. The van der Waals surface area contributed by atoms with E-state index in [-0.39, 0.29) is 0 Å². The van der Waals surface area contributed by atoms with Gasteiger partial charge >= 0.3 is 0 Å². The maximum Gasteiger partial charge on any atom is 0.120 e. The van der Waals surface area contributed by atoms with Gasteiger partial charge in [0.25, 0.3) is 0 Å². The Bertz CT molecular complexity index is 1190. The summed E-state index contributed by atoms with van der Waals surface area (Å²) in [6.07, 6.45) is 1.93. The van der Waals surface area contributed by atoms with Crippen molar-refractivity contribution in [3.63, 3.8) is 0 Å². The summed E-state index contributed by atoms with van der Waals surface area (Å²) in [5.41, 5.74) is 3.71. The van der Waals surface area contributed by atoms with Crippen molar-refractivity contribution in [3.05, 3.63) is 104 Å². The van der Waals surface area contributed by atoms with Crippen LogP contribution in [0.5, 0.6) is 5.75 Å². The van der Waals surface area contributed by atoms with Gasteiger partial charge in [0, 0.05) is 27.4 Å². The maximum absolute atomic E-state index is 6.22. The van der Waals surface area contributed by atoms with E-state index in [4.69, 9.17) is 51.1 Å². The molecule has 3 aromatic carbocycles. The van der Waals surface area contributed by atoms with Crippen molar-refractivity contribution in [2.24, 2.45) is 0 Å². The van der Waals surface area contributed by atoms with Gasteiger partial charge < -0.3 is 4.74 Å². The number of benzene rings is 3. The Balaban J connectivity index is 1.46. The van der Waals surface area contributed by atoms with E-state index in [1.165, 1.54) is 0 Å². The van der Waals surface area contributed by atoms with E-state index in [0.29, 0.717) is 33.2 Å². The lowest BCUT2D eigenvalue weighted by Gasteiger charge is -2.09. The van der Waals surface area contributed by atoms with Crippen LogP contribution in [0.4, 0.5) is 0 Å². The lowest BCUT2D eigenvalue weighted by Crippen LogP contribution is -2.00. The smallest absolute Gasteiger partial charge is 0.120 e. The second-order valence-electron chi connectivity index (χ2n) is 6.70. The molecule has 0 aliphatic heterocycles. The Hall–Kier alpha value is -2.17. The first-order valence-electron chi connectivity index (χ1n) is 9.12. The molecule has 1 heterocycles. The molecule has 0 atom stereocenters. The molecule has 0 bridgehead atoms. The molecule has 4 rings (SSSR count). The fourth-order valence-electron chi connectivity index (χ4n) is 2.97. The molecular weight excluding hydrogens is 462 g/mol. The van der Waals surface area contributed by atoms with Crippen LogP contribution in [-0.4, -0.2) is 9.78 Å². The molecular formula is C23H16Cl4N2O. The topological polar surface area (TPSA) is 27.1 Å². The fraction of sp³-hybridized carbons (Fsp3) is 0.0870. The van der Waals surface area contributed by atoms with Crippen LogP contribution in [0.15, 0.2) is 72.9 Å². The van der Waals surface area contributed by atoms with Crippen LogP contribution in [-0.2, 0) is 13.2 Å². The molecule has 0 amide bonds. The molecule has 0 N–H and O–H groups in total. The van der Waals surface area contributed by atoms with Crippen LogP contribution in [0.2, 0.25) is 20.1 Å². The monoisotopic (exact) mass is 476 g/mol. The molecule has 4 aromatic rings. The van der Waals surface area contributed by atoms with Crippen LogP contribution >= 0.6 is 46.4 Å². The van der Waals surface area contributed by atoms with Gasteiger partial charge in [0.2, 0.25) is 0 Å². The molecule has 30 heavy (non-hydrogen) atoms. The molecule has 0 aliphatic rings. The second kappa shape index (κ2) is 9.32. The second-order valence-corrected chi connectivity index (χ2v) is 8.36. The summed E-state index contributed by atoms with van der Waals surface area (Å²) in [6, 6.07) is 20.7. The average molecular weight is 478 g/mol. The first kappa shape index (κ1) is 21.1. The number of nitrogens with zero attached hydrogens (tertiary/aromatic N) is 2. The van der Waals surface area contributed by atoms with Gasteiger partial charge in [0.1, 0.15) is 12.4 Å². The van der Waals surface area contributed by atoms with Crippen LogP contribution in [0.3, 0.4) is 0 Å². The Morgan fingerprint density at radius 1 is 0.800 bits per heavy atom. The summed E-state index contributed by atoms with van der Waals surface area (Å²) < 4.78 is 7.77. The minimum absolute atomic E-state index is 0.352. The summed E-state index contributed by atoms with van der Waals surface area (Å²) in [7, 11) is 0. The first-order valence-corrected chi connectivity index (χ1v) is 10.6. The minimum atomic E-state index is 0.352. The Kier molecular flexibility index (Phi) is 6.55. The van der Waals surface area contributed by atoms with E-state index >= 15 is 0 Å². The summed E-state index contributed by atoms with van der Waals surface area (Å²) in [6.45, 7) is 0.952. The SMILES string of the molecule is Clc1ccc(COc2cccc(-c3ccn(Cc4ccc(Cl)c(Cl)c4)n3)c2)c(Cl)c1. The average Bonchev–Trinajstić information content (AvgIpc) is 3.19. The molecule has 0 saturated carbocycles. The number of halogens is 4. The van der Waals surface area contributed by atoms with Gasteiger partial charge in [-0.25, -0.2) is 0 Å². The normalized spacial score (nSPS) is 10.9. The van der Waals surface area contributed by atoms with E-state index in [1.54, 1.807) is 18.2 Å². The summed E-state index contributed by atoms with van der Waals surface area (Å²) >= 11 is 24.2. The Morgan fingerprint density at radius 2 is 1.67 bits per heavy atom. The standard InChI is InChI=1S/C23H16Cl4N2O/c24-18-6-5-17(21(26)12-18)14-30-19-3-1-2-16(11-19)23-8-9-29(28-23)13-15-4-7-20(25)22(27)10-15/h1-12H,13-14H2. The largest absolute Gasteiger partial charge is 0.489 e. The van der Waals surface area contributed by atoms with Gasteiger partial charge in [-0.3, -0.25) is 4.68 Å². The number of ether oxygens (including phenoxy) is 1. The third-order valence-corrected chi connectivity index (χ3v) is 5.83. The molecule has 0 aliphatic carbocycles. The van der Waals surface area contributed by atoms with Gasteiger partial charge in [-0.1, -0.05) is 70.7 Å². The third kappa shape index (κ3) is 5.11. The van der Waals surface area contributed by atoms with E-state index in [1.807, 2.05) is 59.4 Å². The predicted octanol–water partition coefficient (Wildman–Crippen LogP) is 7.79. The van der Waals surface area contributed by atoms with Crippen molar-refractivity contribution in [2.45, 2.75) is 13.2 Å². The van der Waals surface area contributed by atoms with E-state index in [2.05, 4.69) is 5.10 Å². The number of hydrogen-bond acceptors (Lipinski definition) is 2. The lowest BCUT2D eigenvalue weighted by atomic mass is 10.1. The van der Waals surface area contributed by atoms with E-state index < -0.39 is 0 Å². The van der Waals surface area contributed by atoms with Gasteiger partial charge in [0.15, 0.2) is 0 Å². The third-order valence-electron chi connectivity index (χ3n) is 4.51. The quantitative estimate of drug-likeness (QED) is 0.283. The van der Waals surface area contributed by atoms with E-state index in [9.17, 15) is 0 Å². The highest BCUT2D eigenvalue weighted by Crippen LogP contribution is 2.26. The zero-order valence-electron chi connectivity index (χ0n) is 15.7. The maximum atomic E-state index is 6.22. The molecule has 0 unspecified atom stereocenters. The van der Waals surface area contributed by atoms with Gasteiger partial charge in [-0.2, -0.15) is 5.10 Å². The first-order chi connectivity index (χ1) is 14.5. The molecule has 0 spiro atoms. The fourth-order valence-corrected chi connectivity index (χ4v) is 3.76. The summed E-state index contributed by atoms with van der Waals surface area (Å²) in [5.74, 6) is 0.734. The van der Waals surface area contributed by atoms with Crippen molar-refractivity contribution in [1.82, 2.24) is 9.78 Å². The van der Waals surface area contributed by atoms with Crippen LogP contribution < -0.4 is 4.74 Å². The molecule has 7 heteroatoms. The highest BCUT2D eigenvalue weighted by molar-refractivity contribution is 6.42. The minimum Gasteiger partial charge on any atom is -0.489 e. The zero-order chi connectivity index (χ0) is 21.1.